The second-order valence-corrected chi connectivity index (χ2v) is 9.04. The van der Waals surface area contributed by atoms with Crippen molar-refractivity contribution in [2.45, 2.75) is 11.4 Å². The number of rotatable bonds is 5. The quantitative estimate of drug-likeness (QED) is 0.479. The summed E-state index contributed by atoms with van der Waals surface area (Å²) in [4.78, 5) is 17.8. The molecule has 0 aliphatic heterocycles. The standard InChI is InChI=1S/C23H18FN3O3S/c1-31(29,30)20-11-7-16(8-12-20)21-14-26-27(15-19-4-2-3-13-25-19)23(28)22(21)17-5-9-18(24)10-6-17/h2-14H,15H2,1H3. The van der Waals surface area contributed by atoms with Gasteiger partial charge in [-0.05, 0) is 47.5 Å². The molecule has 0 aliphatic carbocycles. The SMILES string of the molecule is CS(=O)(=O)c1ccc(-c2cnn(Cc3ccccn3)c(=O)c2-c2ccc(F)cc2)cc1. The second-order valence-electron chi connectivity index (χ2n) is 7.02. The Hall–Kier alpha value is -3.65. The first-order valence-corrected chi connectivity index (χ1v) is 11.3. The molecule has 0 spiro atoms. The molecular weight excluding hydrogens is 417 g/mol. The average Bonchev–Trinajstić information content (AvgIpc) is 2.76. The van der Waals surface area contributed by atoms with Crippen LogP contribution in [0.25, 0.3) is 22.3 Å². The third-order valence-corrected chi connectivity index (χ3v) is 5.94. The highest BCUT2D eigenvalue weighted by atomic mass is 32.2. The zero-order chi connectivity index (χ0) is 22.0. The van der Waals surface area contributed by atoms with Gasteiger partial charge in [-0.25, -0.2) is 17.5 Å². The maximum absolute atomic E-state index is 13.5. The fourth-order valence-corrected chi connectivity index (χ4v) is 3.87. The van der Waals surface area contributed by atoms with Crippen molar-refractivity contribution in [1.29, 1.82) is 0 Å². The third kappa shape index (κ3) is 4.44. The monoisotopic (exact) mass is 435 g/mol. The zero-order valence-corrected chi connectivity index (χ0v) is 17.4. The highest BCUT2D eigenvalue weighted by molar-refractivity contribution is 7.90. The topological polar surface area (TPSA) is 81.9 Å². The van der Waals surface area contributed by atoms with E-state index in [1.807, 2.05) is 6.07 Å². The van der Waals surface area contributed by atoms with E-state index in [-0.39, 0.29) is 17.0 Å². The number of halogens is 1. The van der Waals surface area contributed by atoms with Crippen molar-refractivity contribution in [3.05, 3.63) is 101 Å². The molecule has 0 aliphatic rings. The predicted molar refractivity (Wildman–Crippen MR) is 116 cm³/mol. The first kappa shape index (κ1) is 20.6. The zero-order valence-electron chi connectivity index (χ0n) is 16.6. The summed E-state index contributed by atoms with van der Waals surface area (Å²) >= 11 is 0. The maximum atomic E-state index is 13.5. The fourth-order valence-electron chi connectivity index (χ4n) is 3.24. The van der Waals surface area contributed by atoms with Gasteiger partial charge in [0.25, 0.3) is 5.56 Å². The van der Waals surface area contributed by atoms with Crippen molar-refractivity contribution < 1.29 is 12.8 Å². The molecule has 4 aromatic rings. The van der Waals surface area contributed by atoms with Crippen LogP contribution in [0.4, 0.5) is 4.39 Å². The molecule has 6 nitrogen and oxygen atoms in total. The van der Waals surface area contributed by atoms with E-state index < -0.39 is 15.7 Å². The first-order valence-electron chi connectivity index (χ1n) is 9.39. The summed E-state index contributed by atoms with van der Waals surface area (Å²) in [5, 5.41) is 4.30. The van der Waals surface area contributed by atoms with Crippen LogP contribution in [0.1, 0.15) is 5.69 Å². The molecule has 8 heteroatoms. The third-order valence-electron chi connectivity index (χ3n) is 4.81. The molecule has 0 unspecified atom stereocenters. The van der Waals surface area contributed by atoms with Crippen molar-refractivity contribution in [3.8, 4) is 22.3 Å². The van der Waals surface area contributed by atoms with Crippen LogP contribution in [-0.2, 0) is 16.4 Å². The molecule has 0 atom stereocenters. The summed E-state index contributed by atoms with van der Waals surface area (Å²) in [6, 6.07) is 17.3. The van der Waals surface area contributed by atoms with Gasteiger partial charge in [-0.15, -0.1) is 0 Å². The Kier molecular flexibility index (Phi) is 5.48. The Morgan fingerprint density at radius 1 is 0.935 bits per heavy atom. The summed E-state index contributed by atoms with van der Waals surface area (Å²) < 4.78 is 38.3. The minimum absolute atomic E-state index is 0.177. The van der Waals surface area contributed by atoms with E-state index in [1.165, 1.54) is 41.1 Å². The average molecular weight is 435 g/mol. The lowest BCUT2D eigenvalue weighted by Crippen LogP contribution is -2.25. The Bertz CT molecular complexity index is 1380. The summed E-state index contributed by atoms with van der Waals surface area (Å²) in [5.41, 5.74) is 2.34. The largest absolute Gasteiger partial charge is 0.275 e. The van der Waals surface area contributed by atoms with Crippen LogP contribution >= 0.6 is 0 Å². The molecule has 0 radical (unpaired) electrons. The van der Waals surface area contributed by atoms with Gasteiger partial charge in [-0.2, -0.15) is 5.10 Å². The van der Waals surface area contributed by atoms with Crippen LogP contribution in [0.5, 0.6) is 0 Å². The molecule has 4 rings (SSSR count). The number of aromatic nitrogens is 3. The molecule has 2 aromatic heterocycles. The van der Waals surface area contributed by atoms with Crippen LogP contribution in [0.3, 0.4) is 0 Å². The molecular formula is C23H18FN3O3S. The van der Waals surface area contributed by atoms with Gasteiger partial charge in [0.2, 0.25) is 0 Å². The minimum atomic E-state index is -3.35. The van der Waals surface area contributed by atoms with Gasteiger partial charge in [0.1, 0.15) is 5.82 Å². The molecule has 2 heterocycles. The van der Waals surface area contributed by atoms with E-state index in [0.29, 0.717) is 27.9 Å². The highest BCUT2D eigenvalue weighted by Gasteiger charge is 2.17. The Balaban J connectivity index is 1.87. The van der Waals surface area contributed by atoms with Crippen molar-refractivity contribution in [2.75, 3.05) is 6.26 Å². The molecule has 0 fully saturated rings. The van der Waals surface area contributed by atoms with Crippen molar-refractivity contribution in [1.82, 2.24) is 14.8 Å². The van der Waals surface area contributed by atoms with Crippen molar-refractivity contribution in [3.63, 3.8) is 0 Å². The maximum Gasteiger partial charge on any atom is 0.275 e. The lowest BCUT2D eigenvalue weighted by molar-refractivity contribution is 0.602. The van der Waals surface area contributed by atoms with E-state index in [2.05, 4.69) is 10.1 Å². The second kappa shape index (κ2) is 8.23. The van der Waals surface area contributed by atoms with Crippen LogP contribution in [0.15, 0.2) is 88.8 Å². The van der Waals surface area contributed by atoms with Crippen molar-refractivity contribution in [2.24, 2.45) is 0 Å². The lowest BCUT2D eigenvalue weighted by atomic mass is 9.97. The van der Waals surface area contributed by atoms with E-state index in [0.717, 1.165) is 6.26 Å². The summed E-state index contributed by atoms with van der Waals surface area (Å²) in [5.74, 6) is -0.411. The van der Waals surface area contributed by atoms with Gasteiger partial charge in [0.05, 0.1) is 28.9 Å². The smallest absolute Gasteiger partial charge is 0.267 e. The summed E-state index contributed by atoms with van der Waals surface area (Å²) in [7, 11) is -3.35. The van der Waals surface area contributed by atoms with E-state index in [1.54, 1.807) is 36.7 Å². The van der Waals surface area contributed by atoms with Crippen LogP contribution in [0.2, 0.25) is 0 Å². The van der Waals surface area contributed by atoms with E-state index in [4.69, 9.17) is 0 Å². The molecule has 0 saturated heterocycles. The van der Waals surface area contributed by atoms with Crippen molar-refractivity contribution >= 4 is 9.84 Å². The Morgan fingerprint density at radius 3 is 2.23 bits per heavy atom. The van der Waals surface area contributed by atoms with Gasteiger partial charge < -0.3 is 0 Å². The first-order chi connectivity index (χ1) is 14.8. The summed E-state index contributed by atoms with van der Waals surface area (Å²) in [6.07, 6.45) is 4.32. The number of benzene rings is 2. The Morgan fingerprint density at radius 2 is 1.61 bits per heavy atom. The molecule has 0 N–H and O–H groups in total. The molecule has 0 bridgehead atoms. The van der Waals surface area contributed by atoms with Crippen LogP contribution in [0, 0.1) is 5.82 Å². The van der Waals surface area contributed by atoms with Crippen LogP contribution < -0.4 is 5.56 Å². The minimum Gasteiger partial charge on any atom is -0.267 e. The van der Waals surface area contributed by atoms with Gasteiger partial charge in [-0.3, -0.25) is 9.78 Å². The predicted octanol–water partition coefficient (Wildman–Crippen LogP) is 3.56. The number of sulfone groups is 1. The van der Waals surface area contributed by atoms with Gasteiger partial charge >= 0.3 is 0 Å². The van der Waals surface area contributed by atoms with Crippen LogP contribution in [-0.4, -0.2) is 29.4 Å². The number of pyridine rings is 1. The molecule has 0 saturated carbocycles. The molecule has 31 heavy (non-hydrogen) atoms. The van der Waals surface area contributed by atoms with E-state index >= 15 is 0 Å². The lowest BCUT2D eigenvalue weighted by Gasteiger charge is -2.13. The molecule has 2 aromatic carbocycles. The molecule has 156 valence electrons. The number of nitrogens with zero attached hydrogens (tertiary/aromatic N) is 3. The van der Waals surface area contributed by atoms with Gasteiger partial charge in [-0.1, -0.05) is 30.3 Å². The normalized spacial score (nSPS) is 11.4. The van der Waals surface area contributed by atoms with Gasteiger partial charge in [0, 0.05) is 18.0 Å². The Labute approximate surface area is 178 Å². The number of hydrogen-bond acceptors (Lipinski definition) is 5. The fraction of sp³-hybridized carbons (Fsp3) is 0.0870. The van der Waals surface area contributed by atoms with Gasteiger partial charge in [0.15, 0.2) is 9.84 Å². The number of hydrogen-bond donors (Lipinski definition) is 0. The van der Waals surface area contributed by atoms with E-state index in [9.17, 15) is 17.6 Å². The molecule has 0 amide bonds. The summed E-state index contributed by atoms with van der Waals surface area (Å²) in [6.45, 7) is 0.182. The highest BCUT2D eigenvalue weighted by Crippen LogP contribution is 2.29.